The van der Waals surface area contributed by atoms with Gasteiger partial charge in [-0.2, -0.15) is 0 Å². The van der Waals surface area contributed by atoms with E-state index in [1.807, 2.05) is 6.07 Å². The van der Waals surface area contributed by atoms with E-state index < -0.39 is 17.1 Å². The van der Waals surface area contributed by atoms with Crippen molar-refractivity contribution in [2.45, 2.75) is 61.7 Å². The molecule has 2 saturated carbocycles. The Morgan fingerprint density at radius 1 is 1.18 bits per heavy atom. The Morgan fingerprint density at radius 3 is 2.74 bits per heavy atom. The third-order valence-electron chi connectivity index (χ3n) is 9.69. The number of methoxy groups -OCH3 is 2. The molecule has 1 spiro atoms. The minimum absolute atomic E-state index is 0.0163. The summed E-state index contributed by atoms with van der Waals surface area (Å²) in [6.07, 6.45) is 2.67. The molecule has 8 nitrogen and oxygen atoms in total. The normalized spacial score (nSPS) is 32.4. The van der Waals surface area contributed by atoms with Crippen LogP contribution < -0.4 is 14.2 Å². The summed E-state index contributed by atoms with van der Waals surface area (Å²) in [6.45, 7) is 1.69. The van der Waals surface area contributed by atoms with Gasteiger partial charge in [-0.3, -0.25) is 9.69 Å². The Hall–Kier alpha value is -3.23. The lowest BCUT2D eigenvalue weighted by molar-refractivity contribution is -0.180. The Morgan fingerprint density at radius 2 is 2.00 bits per heavy atom. The molecule has 2 heterocycles. The van der Waals surface area contributed by atoms with Crippen LogP contribution >= 0.6 is 0 Å². The molecule has 3 aliphatic carbocycles. The van der Waals surface area contributed by atoms with Crippen LogP contribution in [0.5, 0.6) is 23.0 Å². The van der Waals surface area contributed by atoms with Crippen molar-refractivity contribution in [2.24, 2.45) is 5.92 Å². The fourth-order valence-electron chi connectivity index (χ4n) is 7.71. The number of benzene rings is 2. The summed E-state index contributed by atoms with van der Waals surface area (Å²) in [5.41, 5.74) is 0.397. The summed E-state index contributed by atoms with van der Waals surface area (Å²) in [4.78, 5) is 16.5. The SMILES string of the molecule is COc1ccc(OC)c(CC(O)=C2C[C@@]3(O)[C@H]4Cc5ccc(O)c6c5[C@@]3(CCN4CC3CC3)[C@@H](O6)C2=O)c1. The summed E-state index contributed by atoms with van der Waals surface area (Å²) in [5.74, 6) is 1.69. The zero-order valence-corrected chi connectivity index (χ0v) is 21.7. The number of aromatic hydroxyl groups is 1. The van der Waals surface area contributed by atoms with Gasteiger partial charge < -0.3 is 29.5 Å². The maximum atomic E-state index is 14.1. The van der Waals surface area contributed by atoms with Gasteiger partial charge in [0.05, 0.1) is 25.2 Å². The maximum absolute atomic E-state index is 14.1. The van der Waals surface area contributed by atoms with Crippen LogP contribution in [-0.2, 0) is 23.1 Å². The van der Waals surface area contributed by atoms with E-state index in [1.54, 1.807) is 38.5 Å². The molecule has 2 aromatic rings. The second kappa shape index (κ2) is 8.13. The van der Waals surface area contributed by atoms with Gasteiger partial charge in [0.2, 0.25) is 5.78 Å². The van der Waals surface area contributed by atoms with E-state index in [0.717, 1.165) is 24.2 Å². The Kier molecular flexibility index (Phi) is 5.11. The largest absolute Gasteiger partial charge is 0.512 e. The van der Waals surface area contributed by atoms with Gasteiger partial charge in [-0.1, -0.05) is 6.07 Å². The summed E-state index contributed by atoms with van der Waals surface area (Å²) in [5, 5.41) is 34.9. The molecule has 38 heavy (non-hydrogen) atoms. The molecule has 5 aliphatic rings. The first-order valence-electron chi connectivity index (χ1n) is 13.4. The number of rotatable bonds is 6. The van der Waals surface area contributed by atoms with Crippen molar-refractivity contribution < 1.29 is 34.3 Å². The van der Waals surface area contributed by atoms with Crippen LogP contribution in [0.25, 0.3) is 0 Å². The Bertz CT molecular complexity index is 1380. The van der Waals surface area contributed by atoms with Crippen molar-refractivity contribution in [2.75, 3.05) is 27.3 Å². The molecule has 0 amide bonds. The number of hydrogen-bond donors (Lipinski definition) is 3. The van der Waals surface area contributed by atoms with Crippen LogP contribution in [0, 0.1) is 5.92 Å². The monoisotopic (exact) mass is 519 g/mol. The highest BCUT2D eigenvalue weighted by Crippen LogP contribution is 2.65. The number of piperidine rings is 1. The second-order valence-corrected chi connectivity index (χ2v) is 11.6. The number of nitrogens with zero attached hydrogens (tertiary/aromatic N) is 1. The van der Waals surface area contributed by atoms with Crippen LogP contribution in [0.1, 0.15) is 42.4 Å². The molecule has 3 fully saturated rings. The van der Waals surface area contributed by atoms with Crippen molar-refractivity contribution in [3.05, 3.63) is 58.4 Å². The van der Waals surface area contributed by atoms with Gasteiger partial charge in [0.25, 0.3) is 0 Å². The predicted octanol–water partition coefficient (Wildman–Crippen LogP) is 3.21. The molecule has 4 atom stereocenters. The van der Waals surface area contributed by atoms with Gasteiger partial charge in [-0.15, -0.1) is 0 Å². The molecule has 0 radical (unpaired) electrons. The molecule has 8 heteroatoms. The van der Waals surface area contributed by atoms with Crippen LogP contribution in [-0.4, -0.2) is 71.1 Å². The average Bonchev–Trinajstić information content (AvgIpc) is 3.65. The number of allylic oxidation sites excluding steroid dienone is 1. The molecule has 3 N–H and O–H groups in total. The molecular weight excluding hydrogens is 486 g/mol. The molecule has 7 rings (SSSR count). The number of ether oxygens (including phenoxy) is 3. The fraction of sp³-hybridized carbons (Fsp3) is 0.500. The van der Waals surface area contributed by atoms with Gasteiger partial charge in [-0.25, -0.2) is 0 Å². The zero-order chi connectivity index (χ0) is 26.4. The quantitative estimate of drug-likeness (QED) is 0.395. The maximum Gasteiger partial charge on any atom is 0.203 e. The first kappa shape index (κ1) is 23.9. The second-order valence-electron chi connectivity index (χ2n) is 11.6. The van der Waals surface area contributed by atoms with Crippen molar-refractivity contribution in [3.63, 3.8) is 0 Å². The number of likely N-dealkylation sites (tertiary alicyclic amines) is 1. The number of phenols is 1. The summed E-state index contributed by atoms with van der Waals surface area (Å²) < 4.78 is 17.1. The zero-order valence-electron chi connectivity index (χ0n) is 21.7. The van der Waals surface area contributed by atoms with Crippen molar-refractivity contribution in [1.29, 1.82) is 0 Å². The number of hydrogen-bond acceptors (Lipinski definition) is 8. The number of carbonyl (C=O) groups excluding carboxylic acids is 1. The smallest absolute Gasteiger partial charge is 0.203 e. The summed E-state index contributed by atoms with van der Waals surface area (Å²) >= 11 is 0. The molecule has 2 aromatic carbocycles. The standard InChI is InChI=1S/C30H33NO7/c1-36-19-6-8-23(37-2)18(11-19)12-22(33)20-14-30(35)24-13-17-5-7-21(32)27-25(17)29(30,28(38-27)26(20)34)9-10-31(24)15-16-3-4-16/h5-8,11,16,24,28,32-33,35H,3-4,9-10,12-15H2,1-2H3/t24-,28+,29+,30-/m1/s1. The number of aliphatic hydroxyl groups excluding tert-OH is 1. The minimum atomic E-state index is -1.33. The lowest BCUT2D eigenvalue weighted by Crippen LogP contribution is -2.77. The van der Waals surface area contributed by atoms with E-state index in [2.05, 4.69) is 4.90 Å². The number of Topliss-reactive ketones (excluding diaryl/α,β-unsaturated/α-hetero) is 1. The number of carbonyl (C=O) groups is 1. The molecule has 2 bridgehead atoms. The Labute approximate surface area is 221 Å². The van der Waals surface area contributed by atoms with E-state index in [0.29, 0.717) is 41.6 Å². The summed E-state index contributed by atoms with van der Waals surface area (Å²) in [6, 6.07) is 8.64. The first-order valence-corrected chi connectivity index (χ1v) is 13.4. The molecule has 0 unspecified atom stereocenters. The highest BCUT2D eigenvalue weighted by molar-refractivity contribution is 6.03. The Balaban J connectivity index is 1.35. The number of ketones is 1. The molecule has 0 aromatic heterocycles. The minimum Gasteiger partial charge on any atom is -0.512 e. The van der Waals surface area contributed by atoms with E-state index in [1.165, 1.54) is 12.8 Å². The van der Waals surface area contributed by atoms with Gasteiger partial charge in [0, 0.05) is 42.1 Å². The van der Waals surface area contributed by atoms with Gasteiger partial charge in [-0.05, 0) is 68.0 Å². The lowest BCUT2D eigenvalue weighted by Gasteiger charge is -2.62. The van der Waals surface area contributed by atoms with Crippen LogP contribution in [0.4, 0.5) is 0 Å². The topological polar surface area (TPSA) is 109 Å². The van der Waals surface area contributed by atoms with Crippen molar-refractivity contribution >= 4 is 5.78 Å². The van der Waals surface area contributed by atoms with Crippen molar-refractivity contribution in [1.82, 2.24) is 4.90 Å². The van der Waals surface area contributed by atoms with Crippen LogP contribution in [0.2, 0.25) is 0 Å². The van der Waals surface area contributed by atoms with Crippen LogP contribution in [0.3, 0.4) is 0 Å². The number of phenolic OH excluding ortho intramolecular Hbond substituents is 1. The van der Waals surface area contributed by atoms with Crippen LogP contribution in [0.15, 0.2) is 41.7 Å². The van der Waals surface area contributed by atoms with Gasteiger partial charge in [0.15, 0.2) is 17.6 Å². The van der Waals surface area contributed by atoms with E-state index in [-0.39, 0.29) is 41.7 Å². The molecule has 200 valence electrons. The highest BCUT2D eigenvalue weighted by Gasteiger charge is 2.74. The fourth-order valence-corrected chi connectivity index (χ4v) is 7.71. The van der Waals surface area contributed by atoms with Gasteiger partial charge >= 0.3 is 0 Å². The lowest BCUT2D eigenvalue weighted by atomic mass is 9.48. The number of aliphatic hydroxyl groups is 2. The molecule has 1 saturated heterocycles. The predicted molar refractivity (Wildman–Crippen MR) is 138 cm³/mol. The van der Waals surface area contributed by atoms with E-state index in [4.69, 9.17) is 14.2 Å². The first-order chi connectivity index (χ1) is 18.3. The van der Waals surface area contributed by atoms with Crippen molar-refractivity contribution in [3.8, 4) is 23.0 Å². The van der Waals surface area contributed by atoms with Gasteiger partial charge in [0.1, 0.15) is 17.3 Å². The average molecular weight is 520 g/mol. The molecular formula is C30H33NO7. The third kappa shape index (κ3) is 3.07. The highest BCUT2D eigenvalue weighted by atomic mass is 16.5. The molecule has 2 aliphatic heterocycles. The third-order valence-corrected chi connectivity index (χ3v) is 9.69. The van der Waals surface area contributed by atoms with E-state index in [9.17, 15) is 20.1 Å². The summed E-state index contributed by atoms with van der Waals surface area (Å²) in [7, 11) is 3.12. The van der Waals surface area contributed by atoms with E-state index >= 15 is 0 Å².